The number of nitrogens with zero attached hydrogens (tertiary/aromatic N) is 1. The zero-order valence-electron chi connectivity index (χ0n) is 16.0. The third kappa shape index (κ3) is 6.13. The summed E-state index contributed by atoms with van der Waals surface area (Å²) in [6, 6.07) is 12.6. The van der Waals surface area contributed by atoms with Crippen molar-refractivity contribution in [2.24, 2.45) is 0 Å². The molecule has 2 aromatic carbocycles. The van der Waals surface area contributed by atoms with Gasteiger partial charge < -0.3 is 10.6 Å². The molecule has 3 aromatic rings. The zero-order valence-corrected chi connectivity index (χ0v) is 17.6. The van der Waals surface area contributed by atoms with Crippen LogP contribution in [0, 0.1) is 12.7 Å². The Balaban J connectivity index is 1.55. The third-order valence-electron chi connectivity index (χ3n) is 3.90. The standard InChI is InChI=1S/C21H20FN3O2S2/c1-13-4-3-5-15(8-13)10-28-12-20(27)25-21-24-19(11-29-21)17-7-6-16(9-18(17)22)23-14(2)26/h3-9,11H,10,12H2,1-2H3,(H,23,26)(H,24,25,27). The lowest BCUT2D eigenvalue weighted by Crippen LogP contribution is -2.14. The van der Waals surface area contributed by atoms with Crippen molar-refractivity contribution in [3.05, 3.63) is 64.8 Å². The number of carbonyl (C=O) groups excluding carboxylic acids is 2. The molecule has 0 radical (unpaired) electrons. The summed E-state index contributed by atoms with van der Waals surface area (Å²) in [6.45, 7) is 3.40. The van der Waals surface area contributed by atoms with Crippen LogP contribution in [0.25, 0.3) is 11.3 Å². The SMILES string of the molecule is CC(=O)Nc1ccc(-c2csc(NC(=O)CSCc3cccc(C)c3)n2)c(F)c1. The summed E-state index contributed by atoms with van der Waals surface area (Å²) in [5.41, 5.74) is 3.50. The van der Waals surface area contributed by atoms with E-state index in [-0.39, 0.29) is 11.8 Å². The van der Waals surface area contributed by atoms with Crippen molar-refractivity contribution in [2.45, 2.75) is 19.6 Å². The minimum absolute atomic E-state index is 0.148. The van der Waals surface area contributed by atoms with Gasteiger partial charge in [-0.05, 0) is 30.7 Å². The Morgan fingerprint density at radius 3 is 2.72 bits per heavy atom. The van der Waals surface area contributed by atoms with Crippen molar-refractivity contribution in [3.8, 4) is 11.3 Å². The van der Waals surface area contributed by atoms with E-state index in [0.717, 1.165) is 5.75 Å². The first-order chi connectivity index (χ1) is 13.9. The van der Waals surface area contributed by atoms with Crippen LogP contribution in [0.4, 0.5) is 15.2 Å². The molecule has 0 spiro atoms. The Morgan fingerprint density at radius 1 is 1.17 bits per heavy atom. The molecule has 0 aliphatic carbocycles. The number of thiazole rings is 1. The molecule has 0 saturated carbocycles. The molecule has 2 amide bonds. The van der Waals surface area contributed by atoms with Crippen molar-refractivity contribution in [1.82, 2.24) is 4.98 Å². The van der Waals surface area contributed by atoms with Gasteiger partial charge in [0.25, 0.3) is 0 Å². The summed E-state index contributed by atoms with van der Waals surface area (Å²) in [5.74, 6) is 0.154. The van der Waals surface area contributed by atoms with Gasteiger partial charge in [-0.2, -0.15) is 0 Å². The molecule has 0 aliphatic rings. The largest absolute Gasteiger partial charge is 0.326 e. The average molecular weight is 430 g/mol. The first-order valence-electron chi connectivity index (χ1n) is 8.87. The normalized spacial score (nSPS) is 10.6. The van der Waals surface area contributed by atoms with Crippen LogP contribution < -0.4 is 10.6 Å². The van der Waals surface area contributed by atoms with Crippen LogP contribution in [0.5, 0.6) is 0 Å². The second kappa shape index (κ2) is 9.67. The van der Waals surface area contributed by atoms with Crippen molar-refractivity contribution in [3.63, 3.8) is 0 Å². The number of carbonyl (C=O) groups is 2. The highest BCUT2D eigenvalue weighted by Crippen LogP contribution is 2.28. The van der Waals surface area contributed by atoms with Gasteiger partial charge in [-0.25, -0.2) is 9.37 Å². The number of benzene rings is 2. The number of amides is 2. The molecule has 29 heavy (non-hydrogen) atoms. The predicted molar refractivity (Wildman–Crippen MR) is 118 cm³/mol. The fourth-order valence-electron chi connectivity index (χ4n) is 2.68. The van der Waals surface area contributed by atoms with Crippen molar-refractivity contribution >= 4 is 45.7 Å². The fraction of sp³-hybridized carbons (Fsp3) is 0.190. The minimum Gasteiger partial charge on any atom is -0.326 e. The van der Waals surface area contributed by atoms with Gasteiger partial charge in [0.1, 0.15) is 5.82 Å². The Labute approximate surface area is 176 Å². The van der Waals surface area contributed by atoms with E-state index in [1.165, 1.54) is 47.2 Å². The van der Waals surface area contributed by atoms with Gasteiger partial charge in [0.05, 0.1) is 11.4 Å². The fourth-order valence-corrected chi connectivity index (χ4v) is 4.18. The van der Waals surface area contributed by atoms with Crippen LogP contribution in [0.2, 0.25) is 0 Å². The Kier molecular flexibility index (Phi) is 7.00. The maximum absolute atomic E-state index is 14.3. The molecular formula is C21H20FN3O2S2. The van der Waals surface area contributed by atoms with E-state index >= 15 is 0 Å². The summed E-state index contributed by atoms with van der Waals surface area (Å²) in [6.07, 6.45) is 0. The summed E-state index contributed by atoms with van der Waals surface area (Å²) >= 11 is 2.76. The first kappa shape index (κ1) is 21.0. The van der Waals surface area contributed by atoms with Gasteiger partial charge in [-0.3, -0.25) is 9.59 Å². The molecule has 0 unspecified atom stereocenters. The summed E-state index contributed by atoms with van der Waals surface area (Å²) in [5, 5.41) is 7.40. The zero-order chi connectivity index (χ0) is 20.8. The Hall–Kier alpha value is -2.71. The van der Waals surface area contributed by atoms with Gasteiger partial charge in [0, 0.05) is 29.3 Å². The van der Waals surface area contributed by atoms with Gasteiger partial charge >= 0.3 is 0 Å². The number of rotatable bonds is 7. The van der Waals surface area contributed by atoms with E-state index in [2.05, 4.69) is 21.7 Å². The van der Waals surface area contributed by atoms with Gasteiger partial charge in [0.15, 0.2) is 5.13 Å². The second-order valence-electron chi connectivity index (χ2n) is 6.44. The van der Waals surface area contributed by atoms with E-state index in [4.69, 9.17) is 0 Å². The number of nitrogens with one attached hydrogen (secondary N) is 2. The highest BCUT2D eigenvalue weighted by molar-refractivity contribution is 7.99. The lowest BCUT2D eigenvalue weighted by Gasteiger charge is -2.05. The van der Waals surface area contributed by atoms with E-state index in [1.54, 1.807) is 17.5 Å². The highest BCUT2D eigenvalue weighted by atomic mass is 32.2. The third-order valence-corrected chi connectivity index (χ3v) is 5.66. The van der Waals surface area contributed by atoms with Crippen molar-refractivity contribution in [1.29, 1.82) is 0 Å². The minimum atomic E-state index is -0.492. The monoisotopic (exact) mass is 429 g/mol. The summed E-state index contributed by atoms with van der Waals surface area (Å²) in [4.78, 5) is 27.5. The molecule has 2 N–H and O–H groups in total. The maximum Gasteiger partial charge on any atom is 0.236 e. The molecule has 3 rings (SSSR count). The molecule has 150 valence electrons. The quantitative estimate of drug-likeness (QED) is 0.549. The number of halogens is 1. The summed E-state index contributed by atoms with van der Waals surface area (Å²) < 4.78 is 14.3. The summed E-state index contributed by atoms with van der Waals surface area (Å²) in [7, 11) is 0. The Bertz CT molecular complexity index is 1040. The van der Waals surface area contributed by atoms with E-state index in [0.29, 0.717) is 27.8 Å². The Morgan fingerprint density at radius 2 is 2.00 bits per heavy atom. The van der Waals surface area contributed by atoms with E-state index in [9.17, 15) is 14.0 Å². The highest BCUT2D eigenvalue weighted by Gasteiger charge is 2.12. The maximum atomic E-state index is 14.3. The van der Waals surface area contributed by atoms with Gasteiger partial charge in [-0.1, -0.05) is 29.8 Å². The molecule has 0 saturated heterocycles. The number of aromatic nitrogens is 1. The first-order valence-corrected chi connectivity index (χ1v) is 10.9. The number of hydrogen-bond donors (Lipinski definition) is 2. The lowest BCUT2D eigenvalue weighted by atomic mass is 10.1. The number of thioether (sulfide) groups is 1. The van der Waals surface area contributed by atoms with Gasteiger partial charge in [-0.15, -0.1) is 23.1 Å². The smallest absolute Gasteiger partial charge is 0.236 e. The molecule has 0 bridgehead atoms. The van der Waals surface area contributed by atoms with E-state index < -0.39 is 5.82 Å². The molecule has 0 atom stereocenters. The van der Waals surface area contributed by atoms with Crippen LogP contribution in [0.3, 0.4) is 0 Å². The second-order valence-corrected chi connectivity index (χ2v) is 8.29. The molecule has 1 aromatic heterocycles. The van der Waals surface area contributed by atoms with Crippen LogP contribution in [-0.4, -0.2) is 22.6 Å². The molecule has 5 nitrogen and oxygen atoms in total. The molecular weight excluding hydrogens is 409 g/mol. The van der Waals surface area contributed by atoms with Crippen LogP contribution in [0.1, 0.15) is 18.1 Å². The number of aryl methyl sites for hydroxylation is 1. The van der Waals surface area contributed by atoms with Crippen molar-refractivity contribution < 1.29 is 14.0 Å². The molecule has 0 fully saturated rings. The molecule has 0 aliphatic heterocycles. The topological polar surface area (TPSA) is 71.1 Å². The predicted octanol–water partition coefficient (Wildman–Crippen LogP) is 5.09. The van der Waals surface area contributed by atoms with E-state index in [1.807, 2.05) is 25.1 Å². The lowest BCUT2D eigenvalue weighted by molar-refractivity contribution is -0.114. The van der Waals surface area contributed by atoms with Crippen LogP contribution >= 0.6 is 23.1 Å². The van der Waals surface area contributed by atoms with Crippen LogP contribution in [-0.2, 0) is 15.3 Å². The number of hydrogen-bond acceptors (Lipinski definition) is 5. The molecule has 1 heterocycles. The number of anilines is 2. The van der Waals surface area contributed by atoms with Gasteiger partial charge in [0.2, 0.25) is 11.8 Å². The average Bonchev–Trinajstić information content (AvgIpc) is 3.09. The van der Waals surface area contributed by atoms with Crippen LogP contribution in [0.15, 0.2) is 47.8 Å². The molecule has 8 heteroatoms. The van der Waals surface area contributed by atoms with Crippen molar-refractivity contribution in [2.75, 3.05) is 16.4 Å².